The Balaban J connectivity index is 1.31. The summed E-state index contributed by atoms with van der Waals surface area (Å²) >= 11 is 3.33. The number of benzene rings is 1. The number of anilines is 1. The molecule has 47 heavy (non-hydrogen) atoms. The van der Waals surface area contributed by atoms with Crippen LogP contribution in [0, 0.1) is 11.6 Å². The fourth-order valence-electron chi connectivity index (χ4n) is 6.19. The maximum absolute atomic E-state index is 14.9. The number of nitrogens with one attached hydrogen (secondary N) is 1. The zero-order valence-electron chi connectivity index (χ0n) is 24.4. The molecule has 0 bridgehead atoms. The quantitative estimate of drug-likeness (QED) is 0.281. The van der Waals surface area contributed by atoms with Crippen LogP contribution < -0.4 is 10.2 Å². The van der Waals surface area contributed by atoms with Gasteiger partial charge in [-0.1, -0.05) is 0 Å². The Morgan fingerprint density at radius 3 is 2.23 bits per heavy atom. The number of carbonyl (C=O) groups excluding carboxylic acids is 1. The zero-order chi connectivity index (χ0) is 33.7. The molecule has 3 aliphatic rings. The summed E-state index contributed by atoms with van der Waals surface area (Å²) in [4.78, 5) is 24.2. The van der Waals surface area contributed by atoms with Crippen molar-refractivity contribution in [2.75, 3.05) is 31.2 Å². The lowest BCUT2D eigenvalue weighted by molar-refractivity contribution is -0.169. The molecule has 18 heteroatoms. The molecule has 254 valence electrons. The minimum absolute atomic E-state index is 0.0814. The smallest absolute Gasteiger partial charge is 0.290 e. The van der Waals surface area contributed by atoms with E-state index in [9.17, 15) is 39.9 Å². The molecule has 1 amide bonds. The molecule has 2 saturated heterocycles. The van der Waals surface area contributed by atoms with E-state index in [-0.39, 0.29) is 32.8 Å². The van der Waals surface area contributed by atoms with Gasteiger partial charge < -0.3 is 19.7 Å². The second-order valence-electron chi connectivity index (χ2n) is 11.6. The first-order valence-corrected chi connectivity index (χ1v) is 15.4. The van der Waals surface area contributed by atoms with Gasteiger partial charge in [0.25, 0.3) is 18.3 Å². The van der Waals surface area contributed by atoms with Gasteiger partial charge in [0.05, 0.1) is 35.0 Å². The van der Waals surface area contributed by atoms with E-state index >= 15 is 0 Å². The van der Waals surface area contributed by atoms with Crippen LogP contribution in [0.4, 0.5) is 41.1 Å². The van der Waals surface area contributed by atoms with Crippen molar-refractivity contribution < 1.29 is 49.4 Å². The molecular weight excluding hydrogens is 712 g/mol. The number of hydrogen-bond donors (Lipinski definition) is 1. The van der Waals surface area contributed by atoms with Crippen molar-refractivity contribution in [1.82, 2.24) is 25.1 Å². The van der Waals surface area contributed by atoms with Crippen molar-refractivity contribution >= 4 is 27.8 Å². The van der Waals surface area contributed by atoms with Crippen molar-refractivity contribution in [3.8, 4) is 0 Å². The van der Waals surface area contributed by atoms with E-state index in [1.807, 2.05) is 4.90 Å². The monoisotopic (exact) mass is 738 g/mol. The third-order valence-corrected chi connectivity index (χ3v) is 8.96. The molecular formula is C29H27BrF8N6O3. The summed E-state index contributed by atoms with van der Waals surface area (Å²) in [6, 6.07) is 1.49. The number of nitrogens with zero attached hydrogens (tertiary/aromatic N) is 5. The Morgan fingerprint density at radius 2 is 1.60 bits per heavy atom. The molecule has 6 rings (SSSR count). The average molecular weight is 739 g/mol. The number of hydrogen-bond acceptors (Lipinski definition) is 7. The normalized spacial score (nSPS) is 20.4. The Kier molecular flexibility index (Phi) is 8.97. The molecule has 2 aromatic heterocycles. The third kappa shape index (κ3) is 6.81. The van der Waals surface area contributed by atoms with Crippen LogP contribution in [-0.2, 0) is 39.1 Å². The van der Waals surface area contributed by atoms with Gasteiger partial charge in [0.2, 0.25) is 11.9 Å². The van der Waals surface area contributed by atoms with Crippen LogP contribution in [0.15, 0.2) is 28.9 Å². The van der Waals surface area contributed by atoms with E-state index in [0.717, 1.165) is 12.1 Å². The van der Waals surface area contributed by atoms with Gasteiger partial charge in [-0.15, -0.1) is 0 Å². The van der Waals surface area contributed by atoms with Crippen molar-refractivity contribution in [2.24, 2.45) is 0 Å². The first-order chi connectivity index (χ1) is 22.2. The van der Waals surface area contributed by atoms with Crippen LogP contribution in [0.1, 0.15) is 66.4 Å². The fraction of sp³-hybridized carbons (Fsp3) is 0.517. The fourth-order valence-corrected chi connectivity index (χ4v) is 6.66. The zero-order valence-corrected chi connectivity index (χ0v) is 26.0. The van der Waals surface area contributed by atoms with Gasteiger partial charge in [-0.2, -0.15) is 13.9 Å². The summed E-state index contributed by atoms with van der Waals surface area (Å²) in [6.07, 6.45) is -4.17. The predicted octanol–water partition coefficient (Wildman–Crippen LogP) is 6.07. The number of piperidine rings is 1. The number of amides is 1. The highest BCUT2D eigenvalue weighted by Crippen LogP contribution is 2.52. The highest BCUT2D eigenvalue weighted by Gasteiger charge is 2.55. The second kappa shape index (κ2) is 12.6. The van der Waals surface area contributed by atoms with Gasteiger partial charge in [0, 0.05) is 51.0 Å². The van der Waals surface area contributed by atoms with Crippen molar-refractivity contribution in [3.63, 3.8) is 0 Å². The number of rotatable bonds is 8. The van der Waals surface area contributed by atoms with Crippen LogP contribution in [0.25, 0.3) is 0 Å². The van der Waals surface area contributed by atoms with Crippen molar-refractivity contribution in [2.45, 2.75) is 68.7 Å². The highest BCUT2D eigenvalue weighted by atomic mass is 79.9. The summed E-state index contributed by atoms with van der Waals surface area (Å²) in [5.74, 6) is -11.3. The molecule has 3 aromatic rings. The van der Waals surface area contributed by atoms with Gasteiger partial charge in [-0.25, -0.2) is 36.3 Å². The van der Waals surface area contributed by atoms with E-state index in [4.69, 9.17) is 9.47 Å². The first kappa shape index (κ1) is 33.5. The van der Waals surface area contributed by atoms with E-state index < -0.39 is 84.0 Å². The maximum atomic E-state index is 14.9. The Morgan fingerprint density at radius 1 is 0.957 bits per heavy atom. The van der Waals surface area contributed by atoms with Gasteiger partial charge in [0.15, 0.2) is 5.79 Å². The minimum Gasteiger partial charge on any atom is -0.347 e. The van der Waals surface area contributed by atoms with Gasteiger partial charge in [-0.3, -0.25) is 9.48 Å². The molecule has 1 unspecified atom stereocenters. The first-order valence-electron chi connectivity index (χ1n) is 14.6. The summed E-state index contributed by atoms with van der Waals surface area (Å²) in [5, 5.41) is 5.85. The number of alkyl halides is 6. The largest absolute Gasteiger partial charge is 0.347 e. The molecule has 1 atom stereocenters. The Labute approximate surface area is 270 Å². The number of carbonyl (C=O) groups is 1. The summed E-state index contributed by atoms with van der Waals surface area (Å²) in [5.41, 5.74) is -4.38. The number of halogens is 9. The van der Waals surface area contributed by atoms with Crippen LogP contribution in [0.5, 0.6) is 0 Å². The maximum Gasteiger partial charge on any atom is 0.290 e. The van der Waals surface area contributed by atoms with Gasteiger partial charge in [0.1, 0.15) is 29.6 Å². The van der Waals surface area contributed by atoms with E-state index in [1.54, 1.807) is 0 Å². The SMILES string of the molecule is O=C(Cn1nc(C(F)F)c2c1C(F)(F)CCC2(F)F)NC(Cc1cc(F)cc(F)c1)c1nc(N2CCC3(CC2)OCCO3)ncc1Br. The lowest BCUT2D eigenvalue weighted by Gasteiger charge is -2.37. The Hall–Kier alpha value is -3.38. The summed E-state index contributed by atoms with van der Waals surface area (Å²) in [7, 11) is 0. The van der Waals surface area contributed by atoms with Gasteiger partial charge >= 0.3 is 0 Å². The van der Waals surface area contributed by atoms with Gasteiger partial charge in [-0.05, 0) is 40.0 Å². The van der Waals surface area contributed by atoms with Crippen LogP contribution in [0.3, 0.4) is 0 Å². The number of aromatic nitrogens is 4. The molecule has 4 heterocycles. The number of fused-ring (bicyclic) bond motifs is 1. The van der Waals surface area contributed by atoms with Crippen LogP contribution in [-0.4, -0.2) is 57.7 Å². The molecule has 2 aliphatic heterocycles. The molecule has 1 spiro atoms. The summed E-state index contributed by atoms with van der Waals surface area (Å²) in [6.45, 7) is 0.710. The minimum atomic E-state index is -4.02. The molecule has 1 aliphatic carbocycles. The topological polar surface area (TPSA) is 94.4 Å². The molecule has 1 N–H and O–H groups in total. The van der Waals surface area contributed by atoms with E-state index in [0.29, 0.717) is 45.2 Å². The average Bonchev–Trinajstić information content (AvgIpc) is 3.62. The van der Waals surface area contributed by atoms with Crippen molar-refractivity contribution in [3.05, 3.63) is 68.7 Å². The predicted molar refractivity (Wildman–Crippen MR) is 151 cm³/mol. The molecule has 0 radical (unpaired) electrons. The standard InChI is InChI=1S/C29H27BrF8N6O3/c30-18-13-39-26(43-5-3-27(4-6-43)46-7-8-47-27)41-22(18)19(11-15-9-16(31)12-17(32)10-15)40-20(45)14-44-24-21(23(42-44)25(33)34)28(35,36)1-2-29(24,37)38/h9-10,12-13,19,25H,1-8,11,14H2,(H,40,45). The van der Waals surface area contributed by atoms with Crippen LogP contribution >= 0.6 is 15.9 Å². The Bertz CT molecular complexity index is 1640. The highest BCUT2D eigenvalue weighted by molar-refractivity contribution is 9.10. The molecule has 9 nitrogen and oxygen atoms in total. The van der Waals surface area contributed by atoms with E-state index in [2.05, 4.69) is 36.3 Å². The van der Waals surface area contributed by atoms with Crippen molar-refractivity contribution in [1.29, 1.82) is 0 Å². The summed E-state index contributed by atoms with van der Waals surface area (Å²) < 4.78 is 127. The molecule has 0 saturated carbocycles. The van der Waals surface area contributed by atoms with E-state index in [1.165, 1.54) is 6.20 Å². The molecule has 2 fully saturated rings. The lowest BCUT2D eigenvalue weighted by atomic mass is 9.89. The lowest BCUT2D eigenvalue weighted by Crippen LogP contribution is -2.45. The molecule has 1 aromatic carbocycles. The third-order valence-electron chi connectivity index (χ3n) is 8.35. The second-order valence-corrected chi connectivity index (χ2v) is 12.4. The van der Waals surface area contributed by atoms with Crippen LogP contribution in [0.2, 0.25) is 0 Å². The number of ether oxygens (including phenoxy) is 2.